The van der Waals surface area contributed by atoms with Gasteiger partial charge < -0.3 is 9.67 Å². The second kappa shape index (κ2) is 5.46. The Hall–Kier alpha value is -1.46. The molecule has 0 unspecified atom stereocenters. The number of aliphatic hydroxyl groups excluding tert-OH is 1. The lowest BCUT2D eigenvalue weighted by Crippen LogP contribution is -2.06. The van der Waals surface area contributed by atoms with Crippen LogP contribution in [-0.4, -0.2) is 19.9 Å². The molecule has 18 heavy (non-hydrogen) atoms. The number of hydrogen-bond donors (Lipinski definition) is 1. The molecule has 0 atom stereocenters. The van der Waals surface area contributed by atoms with Crippen molar-refractivity contribution < 1.29 is 9.50 Å². The fourth-order valence-electron chi connectivity index (χ4n) is 1.81. The standard InChI is InChI=1S/C12H13ClFN3O/c1-2-6-17-10(7-18)15-16-12(17)11-8(13)4-3-5-9(11)14/h3-5,18H,2,6-7H2,1H3. The second-order valence-electron chi connectivity index (χ2n) is 3.85. The predicted molar refractivity (Wildman–Crippen MR) is 66.6 cm³/mol. The van der Waals surface area contributed by atoms with Crippen LogP contribution in [0.1, 0.15) is 19.2 Å². The summed E-state index contributed by atoms with van der Waals surface area (Å²) >= 11 is 6.01. The maximum Gasteiger partial charge on any atom is 0.168 e. The van der Waals surface area contributed by atoms with Gasteiger partial charge in [0, 0.05) is 6.54 Å². The normalized spacial score (nSPS) is 10.9. The van der Waals surface area contributed by atoms with Crippen LogP contribution in [0, 0.1) is 5.82 Å². The highest BCUT2D eigenvalue weighted by atomic mass is 35.5. The molecule has 0 spiro atoms. The summed E-state index contributed by atoms with van der Waals surface area (Å²) in [5.41, 5.74) is 0.222. The van der Waals surface area contributed by atoms with Gasteiger partial charge in [-0.1, -0.05) is 24.6 Å². The lowest BCUT2D eigenvalue weighted by molar-refractivity contribution is 0.264. The van der Waals surface area contributed by atoms with Crippen molar-refractivity contribution in [2.24, 2.45) is 0 Å². The molecule has 0 bridgehead atoms. The number of nitrogens with zero attached hydrogens (tertiary/aromatic N) is 3. The zero-order valence-corrected chi connectivity index (χ0v) is 10.7. The molecular weight excluding hydrogens is 257 g/mol. The summed E-state index contributed by atoms with van der Waals surface area (Å²) in [5.74, 6) is 0.312. The van der Waals surface area contributed by atoms with Gasteiger partial charge in [-0.25, -0.2) is 4.39 Å². The van der Waals surface area contributed by atoms with Crippen LogP contribution < -0.4 is 0 Å². The molecule has 0 saturated carbocycles. The second-order valence-corrected chi connectivity index (χ2v) is 4.25. The summed E-state index contributed by atoms with van der Waals surface area (Å²) in [6, 6.07) is 4.46. The summed E-state index contributed by atoms with van der Waals surface area (Å²) in [6.07, 6.45) is 0.824. The first kappa shape index (κ1) is 13.0. The fraction of sp³-hybridized carbons (Fsp3) is 0.333. The van der Waals surface area contributed by atoms with E-state index in [1.165, 1.54) is 12.1 Å². The van der Waals surface area contributed by atoms with Crippen molar-refractivity contribution in [3.8, 4) is 11.4 Å². The average Bonchev–Trinajstić information content (AvgIpc) is 2.73. The summed E-state index contributed by atoms with van der Waals surface area (Å²) in [6.45, 7) is 2.34. The highest BCUT2D eigenvalue weighted by Crippen LogP contribution is 2.29. The lowest BCUT2D eigenvalue weighted by atomic mass is 10.2. The molecule has 0 saturated heterocycles. The Labute approximate surface area is 109 Å². The summed E-state index contributed by atoms with van der Waals surface area (Å²) in [4.78, 5) is 0. The Morgan fingerprint density at radius 2 is 2.17 bits per heavy atom. The average molecular weight is 270 g/mol. The van der Waals surface area contributed by atoms with Crippen molar-refractivity contribution in [3.63, 3.8) is 0 Å². The van der Waals surface area contributed by atoms with Crippen LogP contribution in [0.25, 0.3) is 11.4 Å². The molecule has 4 nitrogen and oxygen atoms in total. The number of aliphatic hydroxyl groups is 1. The Kier molecular flexibility index (Phi) is 3.93. The van der Waals surface area contributed by atoms with Crippen LogP contribution in [0.2, 0.25) is 5.02 Å². The van der Waals surface area contributed by atoms with Gasteiger partial charge in [0.05, 0.1) is 10.6 Å². The van der Waals surface area contributed by atoms with Crippen molar-refractivity contribution in [3.05, 3.63) is 34.9 Å². The van der Waals surface area contributed by atoms with Crippen LogP contribution in [0.5, 0.6) is 0 Å². The number of aromatic nitrogens is 3. The van der Waals surface area contributed by atoms with Crippen molar-refractivity contribution >= 4 is 11.6 Å². The molecule has 2 rings (SSSR count). The van der Waals surface area contributed by atoms with E-state index in [1.807, 2.05) is 6.92 Å². The van der Waals surface area contributed by atoms with Crippen LogP contribution in [-0.2, 0) is 13.2 Å². The monoisotopic (exact) mass is 269 g/mol. The molecule has 2 aromatic rings. The summed E-state index contributed by atoms with van der Waals surface area (Å²) in [7, 11) is 0. The third-order valence-electron chi connectivity index (χ3n) is 2.60. The molecule has 1 N–H and O–H groups in total. The Morgan fingerprint density at radius 1 is 1.39 bits per heavy atom. The van der Waals surface area contributed by atoms with E-state index in [0.717, 1.165) is 6.42 Å². The van der Waals surface area contributed by atoms with Gasteiger partial charge in [0.15, 0.2) is 11.6 Å². The van der Waals surface area contributed by atoms with Gasteiger partial charge in [-0.3, -0.25) is 0 Å². The summed E-state index contributed by atoms with van der Waals surface area (Å²) in [5, 5.41) is 17.3. The smallest absolute Gasteiger partial charge is 0.168 e. The van der Waals surface area contributed by atoms with Gasteiger partial charge in [-0.05, 0) is 18.6 Å². The molecule has 1 aromatic carbocycles. The molecule has 1 heterocycles. The van der Waals surface area contributed by atoms with Crippen LogP contribution >= 0.6 is 11.6 Å². The number of halogens is 2. The van der Waals surface area contributed by atoms with Crippen LogP contribution in [0.3, 0.4) is 0 Å². The van der Waals surface area contributed by atoms with Gasteiger partial charge in [-0.2, -0.15) is 0 Å². The quantitative estimate of drug-likeness (QED) is 0.928. The highest BCUT2D eigenvalue weighted by Gasteiger charge is 2.18. The van der Waals surface area contributed by atoms with Crippen molar-refractivity contribution in [1.82, 2.24) is 14.8 Å². The molecule has 0 aliphatic rings. The van der Waals surface area contributed by atoms with E-state index in [2.05, 4.69) is 10.2 Å². The number of benzene rings is 1. The summed E-state index contributed by atoms with van der Waals surface area (Å²) < 4.78 is 15.5. The van der Waals surface area contributed by atoms with Crippen LogP contribution in [0.4, 0.5) is 4.39 Å². The van der Waals surface area contributed by atoms with Crippen LogP contribution in [0.15, 0.2) is 18.2 Å². The number of rotatable bonds is 4. The van der Waals surface area contributed by atoms with E-state index in [0.29, 0.717) is 18.2 Å². The molecule has 96 valence electrons. The molecule has 1 aromatic heterocycles. The maximum absolute atomic E-state index is 13.8. The topological polar surface area (TPSA) is 50.9 Å². The van der Waals surface area contributed by atoms with Gasteiger partial charge in [0.2, 0.25) is 0 Å². The van der Waals surface area contributed by atoms with E-state index >= 15 is 0 Å². The maximum atomic E-state index is 13.8. The van der Waals surface area contributed by atoms with E-state index < -0.39 is 5.82 Å². The zero-order valence-electron chi connectivity index (χ0n) is 9.90. The zero-order chi connectivity index (χ0) is 13.1. The minimum absolute atomic E-state index is 0.222. The molecule has 0 fully saturated rings. The first-order valence-corrected chi connectivity index (χ1v) is 6.04. The lowest BCUT2D eigenvalue weighted by Gasteiger charge is -2.09. The first-order chi connectivity index (χ1) is 8.69. The first-order valence-electron chi connectivity index (χ1n) is 5.66. The van der Waals surface area contributed by atoms with Gasteiger partial charge in [0.25, 0.3) is 0 Å². The minimum Gasteiger partial charge on any atom is -0.388 e. The van der Waals surface area contributed by atoms with Gasteiger partial charge >= 0.3 is 0 Å². The molecule has 0 aliphatic heterocycles. The largest absolute Gasteiger partial charge is 0.388 e. The SMILES string of the molecule is CCCn1c(CO)nnc1-c1c(F)cccc1Cl. The molecular formula is C12H13ClFN3O. The van der Waals surface area contributed by atoms with Crippen molar-refractivity contribution in [2.45, 2.75) is 26.5 Å². The predicted octanol–water partition coefficient (Wildman–Crippen LogP) is 2.64. The van der Waals surface area contributed by atoms with E-state index in [4.69, 9.17) is 11.6 Å². The fourth-order valence-corrected chi connectivity index (χ4v) is 2.05. The Bertz CT molecular complexity index is 536. The van der Waals surface area contributed by atoms with E-state index in [9.17, 15) is 9.50 Å². The van der Waals surface area contributed by atoms with E-state index in [-0.39, 0.29) is 17.2 Å². The van der Waals surface area contributed by atoms with E-state index in [1.54, 1.807) is 10.6 Å². The Morgan fingerprint density at radius 3 is 2.78 bits per heavy atom. The number of hydrogen-bond acceptors (Lipinski definition) is 3. The third kappa shape index (κ3) is 2.23. The van der Waals surface area contributed by atoms with Crippen molar-refractivity contribution in [1.29, 1.82) is 0 Å². The van der Waals surface area contributed by atoms with Crippen molar-refractivity contribution in [2.75, 3.05) is 0 Å². The molecule has 0 amide bonds. The van der Waals surface area contributed by atoms with Gasteiger partial charge in [0.1, 0.15) is 12.4 Å². The highest BCUT2D eigenvalue weighted by molar-refractivity contribution is 6.33. The Balaban J connectivity index is 2.60. The van der Waals surface area contributed by atoms with Gasteiger partial charge in [-0.15, -0.1) is 10.2 Å². The molecule has 0 aliphatic carbocycles. The third-order valence-corrected chi connectivity index (χ3v) is 2.92. The minimum atomic E-state index is -0.447. The molecule has 0 radical (unpaired) electrons. The molecule has 6 heteroatoms.